The quantitative estimate of drug-likeness (QED) is 0.0661. The van der Waals surface area contributed by atoms with Crippen molar-refractivity contribution in [2.24, 2.45) is 0 Å². The number of carbonyl (C=O) groups is 2. The lowest BCUT2D eigenvalue weighted by molar-refractivity contribution is -0.147. The summed E-state index contributed by atoms with van der Waals surface area (Å²) in [6, 6.07) is 34.2. The fourth-order valence-corrected chi connectivity index (χ4v) is 4.89. The largest absolute Gasteiger partial charge is 0.491 e. The van der Waals surface area contributed by atoms with E-state index >= 15 is 0 Å². The van der Waals surface area contributed by atoms with E-state index in [0.29, 0.717) is 23.0 Å². The van der Waals surface area contributed by atoms with Crippen LogP contribution in [0.15, 0.2) is 109 Å². The summed E-state index contributed by atoms with van der Waals surface area (Å²) in [5.74, 6) is 1.20. The lowest BCUT2D eigenvalue weighted by atomic mass is 10.2. The molecule has 0 fully saturated rings. The molecule has 2 unspecified atom stereocenters. The van der Waals surface area contributed by atoms with Crippen molar-refractivity contribution in [2.45, 2.75) is 25.0 Å². The Labute approximate surface area is 279 Å². The molecule has 4 rings (SSSR count). The van der Waals surface area contributed by atoms with Gasteiger partial charge in [-0.1, -0.05) is 36.4 Å². The number of hydrogen-bond acceptors (Lipinski definition) is 11. The van der Waals surface area contributed by atoms with Crippen molar-refractivity contribution >= 4 is 46.5 Å². The fraction of sp³-hybridized carbons (Fsp3) is 0.278. The Bertz CT molecular complexity index is 1360. The predicted molar refractivity (Wildman–Crippen MR) is 184 cm³/mol. The lowest BCUT2D eigenvalue weighted by Crippen LogP contribution is -2.25. The summed E-state index contributed by atoms with van der Waals surface area (Å²) in [7, 11) is 0. The van der Waals surface area contributed by atoms with Crippen molar-refractivity contribution in [3.63, 3.8) is 0 Å². The summed E-state index contributed by atoms with van der Waals surface area (Å²) in [6.45, 7) is -0.384. The number of esters is 2. The van der Waals surface area contributed by atoms with Gasteiger partial charge < -0.3 is 39.8 Å². The predicted octanol–water partition coefficient (Wildman–Crippen LogP) is 5.95. The second-order valence-electron chi connectivity index (χ2n) is 10.4. The molecule has 0 amide bonds. The van der Waals surface area contributed by atoms with E-state index in [-0.39, 0.29) is 39.3 Å². The van der Waals surface area contributed by atoms with Crippen LogP contribution >= 0.6 is 11.8 Å². The Morgan fingerprint density at radius 3 is 1.28 bits per heavy atom. The first-order chi connectivity index (χ1) is 22.9. The SMILES string of the molecule is O=C(CCSCCC(=O)OCC(O)COc1ccc(Nc2ccccc2)cc1)OCC(O)COc1ccc(Nc2ccccc2)cc1. The van der Waals surface area contributed by atoms with Gasteiger partial charge in [0.15, 0.2) is 0 Å². The van der Waals surface area contributed by atoms with E-state index in [1.54, 1.807) is 24.3 Å². The van der Waals surface area contributed by atoms with Crippen molar-refractivity contribution in [3.8, 4) is 11.5 Å². The maximum atomic E-state index is 12.0. The number of carbonyl (C=O) groups excluding carboxylic acids is 2. The average molecular weight is 661 g/mol. The second kappa shape index (κ2) is 19.7. The number of rotatable bonds is 20. The number of ether oxygens (including phenoxy) is 4. The molecule has 4 aromatic rings. The second-order valence-corrected chi connectivity index (χ2v) is 11.7. The highest BCUT2D eigenvalue weighted by molar-refractivity contribution is 7.99. The minimum Gasteiger partial charge on any atom is -0.491 e. The molecule has 2 atom stereocenters. The molecule has 4 aromatic carbocycles. The Morgan fingerprint density at radius 1 is 0.532 bits per heavy atom. The number of hydrogen-bond donors (Lipinski definition) is 4. The minimum atomic E-state index is -0.966. The molecule has 47 heavy (non-hydrogen) atoms. The van der Waals surface area contributed by atoms with Crippen molar-refractivity contribution in [1.29, 1.82) is 0 Å². The van der Waals surface area contributed by atoms with E-state index in [0.717, 1.165) is 22.7 Å². The monoisotopic (exact) mass is 660 g/mol. The Kier molecular flexibility index (Phi) is 14.8. The van der Waals surface area contributed by atoms with Crippen molar-refractivity contribution in [1.82, 2.24) is 0 Å². The Balaban J connectivity index is 0.977. The third-order valence-corrected chi connectivity index (χ3v) is 7.48. The smallest absolute Gasteiger partial charge is 0.306 e. The highest BCUT2D eigenvalue weighted by Gasteiger charge is 2.12. The first-order valence-electron chi connectivity index (χ1n) is 15.3. The number of aliphatic hydroxyl groups excluding tert-OH is 2. The Morgan fingerprint density at radius 2 is 0.894 bits per heavy atom. The molecular weight excluding hydrogens is 620 g/mol. The molecule has 0 aromatic heterocycles. The van der Waals surface area contributed by atoms with Crippen LogP contribution in [-0.2, 0) is 19.1 Å². The number of benzene rings is 4. The summed E-state index contributed by atoms with van der Waals surface area (Å²) in [5, 5.41) is 26.8. The molecule has 0 aliphatic carbocycles. The molecule has 0 aliphatic heterocycles. The third-order valence-electron chi connectivity index (χ3n) is 6.49. The molecule has 0 saturated heterocycles. The summed E-state index contributed by atoms with van der Waals surface area (Å²) in [6.07, 6.45) is -1.65. The molecule has 248 valence electrons. The molecule has 0 bridgehead atoms. The van der Waals surface area contributed by atoms with Gasteiger partial charge in [0, 0.05) is 34.3 Å². The van der Waals surface area contributed by atoms with Crippen LogP contribution in [0, 0.1) is 0 Å². The van der Waals surface area contributed by atoms with Crippen LogP contribution in [-0.4, -0.2) is 72.3 Å². The summed E-state index contributed by atoms with van der Waals surface area (Å²) in [4.78, 5) is 24.0. The van der Waals surface area contributed by atoms with Gasteiger partial charge in [-0.2, -0.15) is 11.8 Å². The van der Waals surface area contributed by atoms with Crippen molar-refractivity contribution < 1.29 is 38.7 Å². The van der Waals surface area contributed by atoms with Crippen molar-refractivity contribution in [3.05, 3.63) is 109 Å². The van der Waals surface area contributed by atoms with Gasteiger partial charge in [-0.25, -0.2) is 0 Å². The lowest BCUT2D eigenvalue weighted by Gasteiger charge is -2.14. The van der Waals surface area contributed by atoms with Crippen LogP contribution in [0.25, 0.3) is 0 Å². The molecule has 10 nitrogen and oxygen atoms in total. The van der Waals surface area contributed by atoms with Gasteiger partial charge in [0.05, 0.1) is 12.8 Å². The summed E-state index contributed by atoms with van der Waals surface area (Å²) >= 11 is 1.41. The average Bonchev–Trinajstić information content (AvgIpc) is 3.10. The summed E-state index contributed by atoms with van der Waals surface area (Å²) < 4.78 is 21.4. The third kappa shape index (κ3) is 14.1. The molecule has 11 heteroatoms. The number of anilines is 4. The normalized spacial score (nSPS) is 12.0. The Hall–Kier alpha value is -4.71. The topological polar surface area (TPSA) is 136 Å². The minimum absolute atomic E-state index is 0.0174. The van der Waals surface area contributed by atoms with E-state index < -0.39 is 24.1 Å². The van der Waals surface area contributed by atoms with E-state index in [4.69, 9.17) is 18.9 Å². The van der Waals surface area contributed by atoms with Gasteiger partial charge in [0.25, 0.3) is 0 Å². The molecule has 0 spiro atoms. The zero-order valence-corrected chi connectivity index (χ0v) is 26.8. The van der Waals surface area contributed by atoms with Crippen molar-refractivity contribution in [2.75, 3.05) is 48.6 Å². The van der Waals surface area contributed by atoms with E-state index in [1.165, 1.54) is 11.8 Å². The van der Waals surface area contributed by atoms with Crippen LogP contribution < -0.4 is 20.1 Å². The van der Waals surface area contributed by atoms with Gasteiger partial charge in [-0.3, -0.25) is 9.59 Å². The van der Waals surface area contributed by atoms with Crippen LogP contribution in [0.1, 0.15) is 12.8 Å². The van der Waals surface area contributed by atoms with Gasteiger partial charge in [0.1, 0.15) is 50.1 Å². The number of thioether (sulfide) groups is 1. The maximum absolute atomic E-state index is 12.0. The van der Waals surface area contributed by atoms with Gasteiger partial charge >= 0.3 is 11.9 Å². The standard InChI is InChI=1S/C36H40N2O8S/c39-31(23-43-33-15-11-29(12-16-33)37-27-7-3-1-4-8-27)25-45-35(41)19-21-47-22-20-36(42)46-26-32(40)24-44-34-17-13-30(14-18-34)38-28-9-5-2-6-10-28/h1-18,31-32,37-40H,19-26H2. The molecule has 4 N–H and O–H groups in total. The zero-order chi connectivity index (χ0) is 33.1. The first-order valence-corrected chi connectivity index (χ1v) is 16.4. The molecule has 0 radical (unpaired) electrons. The zero-order valence-electron chi connectivity index (χ0n) is 26.0. The maximum Gasteiger partial charge on any atom is 0.306 e. The van der Waals surface area contributed by atoms with E-state index in [9.17, 15) is 19.8 Å². The van der Waals surface area contributed by atoms with Crippen LogP contribution in [0.2, 0.25) is 0 Å². The van der Waals surface area contributed by atoms with E-state index in [1.807, 2.05) is 84.9 Å². The highest BCUT2D eigenvalue weighted by Crippen LogP contribution is 2.21. The van der Waals surface area contributed by atoms with Gasteiger partial charge in [-0.15, -0.1) is 0 Å². The van der Waals surface area contributed by atoms with Gasteiger partial charge in [0.2, 0.25) is 0 Å². The number of para-hydroxylation sites is 2. The number of aliphatic hydroxyl groups is 2. The van der Waals surface area contributed by atoms with Crippen LogP contribution in [0.4, 0.5) is 22.7 Å². The highest BCUT2D eigenvalue weighted by atomic mass is 32.2. The van der Waals surface area contributed by atoms with Gasteiger partial charge in [-0.05, 0) is 72.8 Å². The fourth-order valence-electron chi connectivity index (χ4n) is 4.06. The van der Waals surface area contributed by atoms with Crippen LogP contribution in [0.3, 0.4) is 0 Å². The summed E-state index contributed by atoms with van der Waals surface area (Å²) in [5.41, 5.74) is 3.76. The first kappa shape index (κ1) is 35.1. The molecule has 0 aliphatic rings. The molecule has 0 saturated carbocycles. The van der Waals surface area contributed by atoms with E-state index in [2.05, 4.69) is 10.6 Å². The molecule has 0 heterocycles. The van der Waals surface area contributed by atoms with Crippen LogP contribution in [0.5, 0.6) is 11.5 Å². The number of nitrogens with one attached hydrogen (secondary N) is 2. The molecular formula is C36H40N2O8S.